The number of ether oxygens (including phenoxy) is 2. The van der Waals surface area contributed by atoms with Crippen LogP contribution in [0.5, 0.6) is 5.75 Å². The summed E-state index contributed by atoms with van der Waals surface area (Å²) in [6.45, 7) is 6.75. The van der Waals surface area contributed by atoms with Crippen LogP contribution >= 0.6 is 0 Å². The lowest BCUT2D eigenvalue weighted by Gasteiger charge is -2.19. The van der Waals surface area contributed by atoms with Crippen molar-refractivity contribution in [2.45, 2.75) is 26.2 Å². The second kappa shape index (κ2) is 9.62. The van der Waals surface area contributed by atoms with E-state index in [4.69, 9.17) is 13.9 Å². The molecule has 0 unspecified atom stereocenters. The van der Waals surface area contributed by atoms with E-state index in [1.807, 2.05) is 24.3 Å². The first-order valence-electron chi connectivity index (χ1n) is 8.73. The Labute approximate surface area is 159 Å². The molecule has 0 aliphatic carbocycles. The average molecular weight is 371 g/mol. The minimum Gasteiger partial charge on any atom is -0.492 e. The summed E-state index contributed by atoms with van der Waals surface area (Å²) in [6.07, 6.45) is 4.18. The molecule has 6 heteroatoms. The highest BCUT2D eigenvalue weighted by atomic mass is 16.5. The van der Waals surface area contributed by atoms with Crippen LogP contribution in [0, 0.1) is 0 Å². The van der Waals surface area contributed by atoms with Gasteiger partial charge in [-0.1, -0.05) is 32.9 Å². The summed E-state index contributed by atoms with van der Waals surface area (Å²) >= 11 is 0. The van der Waals surface area contributed by atoms with Gasteiger partial charge in [0.25, 0.3) is 5.91 Å². The van der Waals surface area contributed by atoms with Gasteiger partial charge in [0.15, 0.2) is 6.61 Å². The molecule has 1 amide bonds. The van der Waals surface area contributed by atoms with Crippen LogP contribution in [0.2, 0.25) is 0 Å². The van der Waals surface area contributed by atoms with Gasteiger partial charge in [-0.25, -0.2) is 4.79 Å². The summed E-state index contributed by atoms with van der Waals surface area (Å²) in [4.78, 5) is 23.2. The van der Waals surface area contributed by atoms with E-state index >= 15 is 0 Å². The molecule has 0 spiro atoms. The molecule has 1 aromatic carbocycles. The number of carbonyl (C=O) groups excluding carboxylic acids is 2. The molecule has 0 fully saturated rings. The quantitative estimate of drug-likeness (QED) is 0.437. The molecule has 2 aromatic rings. The first kappa shape index (κ1) is 20.3. The van der Waals surface area contributed by atoms with Gasteiger partial charge in [-0.3, -0.25) is 4.79 Å². The fraction of sp³-hybridized carbons (Fsp3) is 0.333. The van der Waals surface area contributed by atoms with Gasteiger partial charge in [0.05, 0.1) is 12.8 Å². The summed E-state index contributed by atoms with van der Waals surface area (Å²) in [5.74, 6) is 0.272. The molecule has 0 aliphatic rings. The number of carbonyl (C=O) groups is 2. The topological polar surface area (TPSA) is 77.8 Å². The summed E-state index contributed by atoms with van der Waals surface area (Å²) in [7, 11) is 0. The minimum atomic E-state index is -0.614. The Hall–Kier alpha value is -3.02. The van der Waals surface area contributed by atoms with Gasteiger partial charge in [-0.2, -0.15) is 0 Å². The molecule has 6 nitrogen and oxygen atoms in total. The fourth-order valence-corrected chi connectivity index (χ4v) is 2.18. The monoisotopic (exact) mass is 371 g/mol. The Morgan fingerprint density at radius 3 is 2.52 bits per heavy atom. The van der Waals surface area contributed by atoms with Crippen LogP contribution in [0.4, 0.5) is 0 Å². The molecule has 0 radical (unpaired) electrons. The predicted molar refractivity (Wildman–Crippen MR) is 102 cm³/mol. The van der Waals surface area contributed by atoms with E-state index in [1.54, 1.807) is 12.1 Å². The summed E-state index contributed by atoms with van der Waals surface area (Å²) in [5.41, 5.74) is 1.32. The molecular formula is C21H25NO5. The zero-order valence-corrected chi connectivity index (χ0v) is 15.9. The van der Waals surface area contributed by atoms with Crippen molar-refractivity contribution >= 4 is 18.0 Å². The Kier molecular flexibility index (Phi) is 7.23. The van der Waals surface area contributed by atoms with Crippen molar-refractivity contribution < 1.29 is 23.5 Å². The van der Waals surface area contributed by atoms with E-state index in [-0.39, 0.29) is 17.9 Å². The van der Waals surface area contributed by atoms with Gasteiger partial charge in [-0.05, 0) is 41.3 Å². The highest BCUT2D eigenvalue weighted by Crippen LogP contribution is 2.24. The molecule has 2 rings (SSSR count). The van der Waals surface area contributed by atoms with Crippen molar-refractivity contribution in [1.82, 2.24) is 5.32 Å². The normalized spacial score (nSPS) is 11.4. The smallest absolute Gasteiger partial charge is 0.331 e. The molecular weight excluding hydrogens is 346 g/mol. The van der Waals surface area contributed by atoms with Gasteiger partial charge >= 0.3 is 5.97 Å². The molecule has 0 saturated carbocycles. The zero-order chi connectivity index (χ0) is 19.7. The van der Waals surface area contributed by atoms with E-state index in [0.717, 1.165) is 5.75 Å². The van der Waals surface area contributed by atoms with Crippen molar-refractivity contribution in [3.05, 3.63) is 60.1 Å². The Bertz CT molecular complexity index is 755. The molecule has 27 heavy (non-hydrogen) atoms. The van der Waals surface area contributed by atoms with Crippen LogP contribution in [-0.4, -0.2) is 31.6 Å². The molecule has 0 saturated heterocycles. The SMILES string of the molecule is CC(C)(C)c1ccc(OCCNC(=O)COC(=O)/C=C/c2ccco2)cc1. The standard InChI is InChI=1S/C21H25NO5/c1-21(2,3)16-6-8-18(9-7-16)26-14-12-22-19(23)15-27-20(24)11-10-17-5-4-13-25-17/h4-11,13H,12,14-15H2,1-3H3,(H,22,23)/b11-10+. The van der Waals surface area contributed by atoms with Gasteiger partial charge in [0.1, 0.15) is 18.1 Å². The van der Waals surface area contributed by atoms with Crippen molar-refractivity contribution in [3.8, 4) is 5.75 Å². The maximum Gasteiger partial charge on any atom is 0.331 e. The zero-order valence-electron chi connectivity index (χ0n) is 15.9. The lowest BCUT2D eigenvalue weighted by molar-refractivity contribution is -0.143. The lowest BCUT2D eigenvalue weighted by atomic mass is 9.87. The van der Waals surface area contributed by atoms with Crippen molar-refractivity contribution in [3.63, 3.8) is 0 Å². The van der Waals surface area contributed by atoms with E-state index in [0.29, 0.717) is 18.9 Å². The van der Waals surface area contributed by atoms with E-state index in [2.05, 4.69) is 26.1 Å². The molecule has 1 aromatic heterocycles. The molecule has 0 aliphatic heterocycles. The van der Waals surface area contributed by atoms with E-state index < -0.39 is 5.97 Å². The van der Waals surface area contributed by atoms with Crippen LogP contribution < -0.4 is 10.1 Å². The average Bonchev–Trinajstić information content (AvgIpc) is 3.15. The number of hydrogen-bond acceptors (Lipinski definition) is 5. The third kappa shape index (κ3) is 7.40. The van der Waals surface area contributed by atoms with Gasteiger partial charge in [0, 0.05) is 6.08 Å². The summed E-state index contributed by atoms with van der Waals surface area (Å²) in [6, 6.07) is 11.3. The van der Waals surface area contributed by atoms with Crippen molar-refractivity contribution in [1.29, 1.82) is 0 Å². The highest BCUT2D eigenvalue weighted by Gasteiger charge is 2.13. The first-order valence-corrected chi connectivity index (χ1v) is 8.73. The van der Waals surface area contributed by atoms with Crippen LogP contribution in [0.1, 0.15) is 32.1 Å². The second-order valence-corrected chi connectivity index (χ2v) is 6.93. The first-order chi connectivity index (χ1) is 12.8. The molecule has 144 valence electrons. The number of furan rings is 1. The maximum atomic E-state index is 11.7. The van der Waals surface area contributed by atoms with Crippen LogP contribution in [0.25, 0.3) is 6.08 Å². The van der Waals surface area contributed by atoms with Gasteiger partial charge in [-0.15, -0.1) is 0 Å². The number of benzene rings is 1. The lowest BCUT2D eigenvalue weighted by Crippen LogP contribution is -2.31. The Morgan fingerprint density at radius 2 is 1.89 bits per heavy atom. The van der Waals surface area contributed by atoms with Crippen LogP contribution in [0.15, 0.2) is 53.2 Å². The predicted octanol–water partition coefficient (Wildman–Crippen LogP) is 3.33. The van der Waals surface area contributed by atoms with Crippen LogP contribution in [-0.2, 0) is 19.7 Å². The Balaban J connectivity index is 1.61. The van der Waals surface area contributed by atoms with Crippen molar-refractivity contribution in [2.75, 3.05) is 19.8 Å². The van der Waals surface area contributed by atoms with Crippen molar-refractivity contribution in [2.24, 2.45) is 0 Å². The van der Waals surface area contributed by atoms with Gasteiger partial charge in [0.2, 0.25) is 0 Å². The number of rotatable bonds is 8. The van der Waals surface area contributed by atoms with Gasteiger partial charge < -0.3 is 19.2 Å². The molecule has 0 atom stereocenters. The minimum absolute atomic E-state index is 0.0943. The van der Waals surface area contributed by atoms with E-state index in [1.165, 1.54) is 24.0 Å². The maximum absolute atomic E-state index is 11.7. The molecule has 1 N–H and O–H groups in total. The number of hydrogen-bond donors (Lipinski definition) is 1. The number of amides is 1. The fourth-order valence-electron chi connectivity index (χ4n) is 2.18. The Morgan fingerprint density at radius 1 is 1.15 bits per heavy atom. The summed E-state index contributed by atoms with van der Waals surface area (Å²) in [5, 5.41) is 2.63. The second-order valence-electron chi connectivity index (χ2n) is 6.93. The molecule has 0 bridgehead atoms. The number of esters is 1. The van der Waals surface area contributed by atoms with E-state index in [9.17, 15) is 9.59 Å². The third-order valence-electron chi connectivity index (χ3n) is 3.69. The number of nitrogens with one attached hydrogen (secondary N) is 1. The summed E-state index contributed by atoms with van der Waals surface area (Å²) < 4.78 is 15.5. The highest BCUT2D eigenvalue weighted by molar-refractivity contribution is 5.88. The molecule has 1 heterocycles. The van der Waals surface area contributed by atoms with Crippen LogP contribution in [0.3, 0.4) is 0 Å². The largest absolute Gasteiger partial charge is 0.492 e. The third-order valence-corrected chi connectivity index (χ3v) is 3.69.